The summed E-state index contributed by atoms with van der Waals surface area (Å²) in [5.41, 5.74) is 1.22. The SMILES string of the molecule is Cc1c(Cl)cccc1NC(=O)COC(=O)/C=C/c1ccc([N+](=O)[O-])o1. The van der Waals surface area contributed by atoms with Crippen LogP contribution in [0, 0.1) is 17.0 Å². The molecule has 0 unspecified atom stereocenters. The minimum absolute atomic E-state index is 0.114. The third kappa shape index (κ3) is 5.18. The van der Waals surface area contributed by atoms with Gasteiger partial charge in [0.25, 0.3) is 5.91 Å². The molecule has 2 aromatic rings. The zero-order chi connectivity index (χ0) is 18.4. The predicted molar refractivity (Wildman–Crippen MR) is 90.2 cm³/mol. The average Bonchev–Trinajstić information content (AvgIpc) is 3.04. The number of carbonyl (C=O) groups excluding carboxylic acids is 2. The highest BCUT2D eigenvalue weighted by Crippen LogP contribution is 2.22. The molecule has 0 saturated heterocycles. The number of hydrogen-bond donors (Lipinski definition) is 1. The van der Waals surface area contributed by atoms with Crippen molar-refractivity contribution in [1.29, 1.82) is 0 Å². The summed E-state index contributed by atoms with van der Waals surface area (Å²) in [5.74, 6) is -1.65. The molecule has 8 nitrogen and oxygen atoms in total. The summed E-state index contributed by atoms with van der Waals surface area (Å²) in [7, 11) is 0. The van der Waals surface area contributed by atoms with E-state index in [4.69, 9.17) is 20.8 Å². The van der Waals surface area contributed by atoms with E-state index in [2.05, 4.69) is 5.32 Å². The van der Waals surface area contributed by atoms with Gasteiger partial charge in [0.1, 0.15) is 10.7 Å². The Morgan fingerprint density at radius 2 is 2.12 bits per heavy atom. The van der Waals surface area contributed by atoms with Gasteiger partial charge < -0.3 is 14.5 Å². The number of amides is 1. The number of hydrogen-bond acceptors (Lipinski definition) is 6. The van der Waals surface area contributed by atoms with Crippen LogP contribution in [-0.4, -0.2) is 23.4 Å². The Labute approximate surface area is 147 Å². The van der Waals surface area contributed by atoms with Gasteiger partial charge >= 0.3 is 11.9 Å². The number of benzene rings is 1. The second-order valence-corrected chi connectivity index (χ2v) is 5.24. The van der Waals surface area contributed by atoms with Crippen molar-refractivity contribution in [3.05, 3.63) is 62.9 Å². The molecule has 0 saturated carbocycles. The van der Waals surface area contributed by atoms with Crippen molar-refractivity contribution in [2.24, 2.45) is 0 Å². The summed E-state index contributed by atoms with van der Waals surface area (Å²) >= 11 is 5.95. The van der Waals surface area contributed by atoms with Crippen LogP contribution in [0.25, 0.3) is 6.08 Å². The maximum absolute atomic E-state index is 11.8. The second-order valence-electron chi connectivity index (χ2n) is 4.83. The number of nitrogens with one attached hydrogen (secondary N) is 1. The highest BCUT2D eigenvalue weighted by atomic mass is 35.5. The standard InChI is InChI=1S/C16H13ClN2O6/c1-10-12(17)3-2-4-13(10)18-14(20)9-24-16(21)8-6-11-5-7-15(25-11)19(22)23/h2-8H,9H2,1H3,(H,18,20)/b8-6+. The van der Waals surface area contributed by atoms with E-state index in [-0.39, 0.29) is 5.76 Å². The van der Waals surface area contributed by atoms with E-state index in [0.29, 0.717) is 16.3 Å². The molecule has 1 aromatic carbocycles. The molecule has 1 amide bonds. The molecule has 9 heteroatoms. The number of ether oxygens (including phenoxy) is 1. The average molecular weight is 365 g/mol. The van der Waals surface area contributed by atoms with Crippen LogP contribution in [0.2, 0.25) is 5.02 Å². The van der Waals surface area contributed by atoms with Crippen molar-refractivity contribution in [2.45, 2.75) is 6.92 Å². The molecule has 0 aliphatic rings. The monoisotopic (exact) mass is 364 g/mol. The largest absolute Gasteiger partial charge is 0.452 e. The number of nitro groups is 1. The molecule has 0 radical (unpaired) electrons. The fourth-order valence-electron chi connectivity index (χ4n) is 1.79. The number of nitrogens with zero attached hydrogens (tertiary/aromatic N) is 1. The molecule has 0 aliphatic carbocycles. The minimum atomic E-state index is -0.794. The quantitative estimate of drug-likeness (QED) is 0.364. The zero-order valence-corrected chi connectivity index (χ0v) is 13.8. The van der Waals surface area contributed by atoms with Gasteiger partial charge in [0.05, 0.1) is 6.07 Å². The molecule has 130 valence electrons. The minimum Gasteiger partial charge on any atom is -0.452 e. The molecular weight excluding hydrogens is 352 g/mol. The molecule has 1 N–H and O–H groups in total. The summed E-state index contributed by atoms with van der Waals surface area (Å²) in [6, 6.07) is 7.53. The van der Waals surface area contributed by atoms with Crippen molar-refractivity contribution in [3.8, 4) is 0 Å². The number of furan rings is 1. The third-order valence-electron chi connectivity index (χ3n) is 3.06. The normalized spacial score (nSPS) is 10.6. The van der Waals surface area contributed by atoms with Crippen LogP contribution in [0.5, 0.6) is 0 Å². The highest BCUT2D eigenvalue weighted by Gasteiger charge is 2.11. The van der Waals surface area contributed by atoms with Crippen LogP contribution < -0.4 is 5.32 Å². The first-order valence-corrected chi connectivity index (χ1v) is 7.38. The third-order valence-corrected chi connectivity index (χ3v) is 3.47. The van der Waals surface area contributed by atoms with Gasteiger partial charge in [0.2, 0.25) is 0 Å². The maximum Gasteiger partial charge on any atom is 0.433 e. The van der Waals surface area contributed by atoms with Crippen LogP contribution in [0.1, 0.15) is 11.3 Å². The van der Waals surface area contributed by atoms with E-state index >= 15 is 0 Å². The first-order valence-electron chi connectivity index (χ1n) is 7.01. The van der Waals surface area contributed by atoms with E-state index in [0.717, 1.165) is 12.1 Å². The molecule has 0 fully saturated rings. The van der Waals surface area contributed by atoms with Crippen LogP contribution >= 0.6 is 11.6 Å². The van der Waals surface area contributed by atoms with Gasteiger partial charge in [-0.15, -0.1) is 0 Å². The molecule has 1 heterocycles. The van der Waals surface area contributed by atoms with E-state index in [1.54, 1.807) is 25.1 Å². The molecule has 2 rings (SSSR count). The molecule has 0 spiro atoms. The lowest BCUT2D eigenvalue weighted by Gasteiger charge is -2.09. The molecule has 0 bridgehead atoms. The zero-order valence-electron chi connectivity index (χ0n) is 13.0. The lowest BCUT2D eigenvalue weighted by atomic mass is 10.2. The topological polar surface area (TPSA) is 112 Å². The van der Waals surface area contributed by atoms with E-state index < -0.39 is 29.3 Å². The molecule has 0 aliphatic heterocycles. The van der Waals surface area contributed by atoms with Crippen LogP contribution in [-0.2, 0) is 14.3 Å². The van der Waals surface area contributed by atoms with Crippen molar-refractivity contribution >= 4 is 41.1 Å². The summed E-state index contributed by atoms with van der Waals surface area (Å²) < 4.78 is 9.61. The second kappa shape index (κ2) is 8.11. The Balaban J connectivity index is 1.84. The smallest absolute Gasteiger partial charge is 0.433 e. The lowest BCUT2D eigenvalue weighted by Crippen LogP contribution is -2.20. The Morgan fingerprint density at radius 1 is 1.36 bits per heavy atom. The van der Waals surface area contributed by atoms with Crippen molar-refractivity contribution in [1.82, 2.24) is 0 Å². The number of carbonyl (C=O) groups is 2. The number of esters is 1. The summed E-state index contributed by atoms with van der Waals surface area (Å²) in [6.07, 6.45) is 2.20. The summed E-state index contributed by atoms with van der Waals surface area (Å²) in [4.78, 5) is 33.1. The Kier molecular flexibility index (Phi) is 5.91. The molecule has 25 heavy (non-hydrogen) atoms. The van der Waals surface area contributed by atoms with Crippen molar-refractivity contribution < 1.29 is 23.7 Å². The van der Waals surface area contributed by atoms with Crippen molar-refractivity contribution in [3.63, 3.8) is 0 Å². The van der Waals surface area contributed by atoms with Gasteiger partial charge in [-0.2, -0.15) is 0 Å². The van der Waals surface area contributed by atoms with E-state index in [1.807, 2.05) is 0 Å². The Hall–Kier alpha value is -3.13. The summed E-state index contributed by atoms with van der Waals surface area (Å²) in [6.45, 7) is 1.25. The van der Waals surface area contributed by atoms with Gasteiger partial charge in [0.15, 0.2) is 6.61 Å². The first kappa shape index (κ1) is 18.2. The van der Waals surface area contributed by atoms with Crippen molar-refractivity contribution in [2.75, 3.05) is 11.9 Å². The van der Waals surface area contributed by atoms with Gasteiger partial charge in [-0.25, -0.2) is 4.79 Å². The van der Waals surface area contributed by atoms with E-state index in [1.165, 1.54) is 12.1 Å². The van der Waals surface area contributed by atoms with E-state index in [9.17, 15) is 19.7 Å². The highest BCUT2D eigenvalue weighted by molar-refractivity contribution is 6.31. The maximum atomic E-state index is 11.8. The predicted octanol–water partition coefficient (Wildman–Crippen LogP) is 3.34. The Bertz CT molecular complexity index is 843. The van der Waals surface area contributed by atoms with Crippen LogP contribution in [0.4, 0.5) is 11.6 Å². The summed E-state index contributed by atoms with van der Waals surface area (Å²) in [5, 5.41) is 13.6. The van der Waals surface area contributed by atoms with Gasteiger partial charge in [0, 0.05) is 16.8 Å². The Morgan fingerprint density at radius 3 is 2.80 bits per heavy atom. The molecule has 1 aromatic heterocycles. The van der Waals surface area contributed by atoms with Gasteiger partial charge in [-0.3, -0.25) is 14.9 Å². The number of anilines is 1. The fraction of sp³-hybridized carbons (Fsp3) is 0.125. The number of rotatable bonds is 6. The lowest BCUT2D eigenvalue weighted by molar-refractivity contribution is -0.402. The van der Waals surface area contributed by atoms with Gasteiger partial charge in [-0.05, 0) is 36.8 Å². The molecule has 0 atom stereocenters. The fourth-order valence-corrected chi connectivity index (χ4v) is 1.97. The van der Waals surface area contributed by atoms with Gasteiger partial charge in [-0.1, -0.05) is 17.7 Å². The van der Waals surface area contributed by atoms with Crippen LogP contribution in [0.15, 0.2) is 40.8 Å². The number of halogens is 1. The molecular formula is C16H13ClN2O6. The van der Waals surface area contributed by atoms with Crippen LogP contribution in [0.3, 0.4) is 0 Å². The first-order chi connectivity index (χ1) is 11.9.